The van der Waals surface area contributed by atoms with E-state index in [0.29, 0.717) is 0 Å². The van der Waals surface area contributed by atoms with Gasteiger partial charge in [0.2, 0.25) is 0 Å². The monoisotopic (exact) mass is 224 g/mol. The maximum Gasteiger partial charge on any atom is 0.0100 e. The van der Waals surface area contributed by atoms with Gasteiger partial charge >= 0.3 is 0 Å². The first-order valence-corrected chi connectivity index (χ1v) is 5.67. The summed E-state index contributed by atoms with van der Waals surface area (Å²) in [6.45, 7) is 0. The zero-order valence-electron chi connectivity index (χ0n) is 7.09. The lowest BCUT2D eigenvalue weighted by Crippen LogP contribution is -2.10. The Kier molecular flexibility index (Phi) is 2.50. The van der Waals surface area contributed by atoms with Gasteiger partial charge in [-0.3, -0.25) is 0 Å². The Morgan fingerprint density at radius 2 is 2.17 bits per heavy atom. The lowest BCUT2D eigenvalue weighted by atomic mass is 9.84. The molecule has 0 radical (unpaired) electrons. The first-order chi connectivity index (χ1) is 5.92. The second kappa shape index (κ2) is 3.61. The van der Waals surface area contributed by atoms with Gasteiger partial charge in [0.25, 0.3) is 0 Å². The Labute approximate surface area is 82.1 Å². The van der Waals surface area contributed by atoms with Crippen molar-refractivity contribution in [3.63, 3.8) is 0 Å². The fraction of sp³-hybridized carbons (Fsp3) is 0.455. The predicted octanol–water partition coefficient (Wildman–Crippen LogP) is 3.50. The quantitative estimate of drug-likeness (QED) is 0.641. The molecular formula is C11H13Br. The molecule has 0 nitrogen and oxygen atoms in total. The van der Waals surface area contributed by atoms with Crippen molar-refractivity contribution in [3.05, 3.63) is 35.4 Å². The van der Waals surface area contributed by atoms with E-state index in [1.807, 2.05) is 0 Å². The molecule has 0 aliphatic heterocycles. The molecule has 2 rings (SSSR count). The summed E-state index contributed by atoms with van der Waals surface area (Å²) in [5.41, 5.74) is 3.13. The van der Waals surface area contributed by atoms with Crippen molar-refractivity contribution in [2.24, 2.45) is 0 Å². The number of rotatable bonds is 1. The van der Waals surface area contributed by atoms with Crippen molar-refractivity contribution in [2.45, 2.75) is 25.2 Å². The van der Waals surface area contributed by atoms with Crippen LogP contribution in [0.5, 0.6) is 0 Å². The number of benzene rings is 1. The molecule has 1 unspecified atom stereocenters. The molecule has 1 aliphatic carbocycles. The molecule has 1 aromatic carbocycles. The van der Waals surface area contributed by atoms with E-state index in [0.717, 1.165) is 11.2 Å². The van der Waals surface area contributed by atoms with Crippen molar-refractivity contribution in [3.8, 4) is 0 Å². The molecule has 1 aromatic rings. The highest BCUT2D eigenvalue weighted by molar-refractivity contribution is 9.09. The topological polar surface area (TPSA) is 0 Å². The zero-order chi connectivity index (χ0) is 8.39. The van der Waals surface area contributed by atoms with Crippen molar-refractivity contribution in [2.75, 3.05) is 5.33 Å². The van der Waals surface area contributed by atoms with Crippen LogP contribution in [0.25, 0.3) is 0 Å². The number of hydrogen-bond donors (Lipinski definition) is 0. The molecule has 0 saturated carbocycles. The molecule has 1 aliphatic rings. The predicted molar refractivity (Wildman–Crippen MR) is 55.9 cm³/mol. The Balaban J connectivity index is 2.37. The van der Waals surface area contributed by atoms with Crippen LogP contribution < -0.4 is 0 Å². The normalized spacial score (nSPS) is 21.9. The van der Waals surface area contributed by atoms with E-state index in [2.05, 4.69) is 40.2 Å². The largest absolute Gasteiger partial charge is 0.0921 e. The fourth-order valence-electron chi connectivity index (χ4n) is 2.01. The van der Waals surface area contributed by atoms with E-state index in [9.17, 15) is 0 Å². The number of hydrogen-bond acceptors (Lipinski definition) is 0. The maximum absolute atomic E-state index is 3.58. The minimum absolute atomic E-state index is 0.759. The molecule has 0 heterocycles. The van der Waals surface area contributed by atoms with Gasteiger partial charge in [-0.2, -0.15) is 0 Å². The molecule has 0 aromatic heterocycles. The van der Waals surface area contributed by atoms with Crippen molar-refractivity contribution in [1.82, 2.24) is 0 Å². The number of halogens is 1. The molecule has 1 heteroatoms. The molecule has 0 saturated heterocycles. The highest BCUT2D eigenvalue weighted by Gasteiger charge is 2.17. The summed E-state index contributed by atoms with van der Waals surface area (Å²) in [4.78, 5) is 0. The van der Waals surface area contributed by atoms with Gasteiger partial charge in [0.1, 0.15) is 0 Å². The fourth-order valence-corrected chi connectivity index (χ4v) is 2.69. The van der Waals surface area contributed by atoms with Crippen LogP contribution in [0, 0.1) is 0 Å². The Morgan fingerprint density at radius 1 is 1.33 bits per heavy atom. The molecule has 0 N–H and O–H groups in total. The van der Waals surface area contributed by atoms with Crippen molar-refractivity contribution < 1.29 is 0 Å². The summed E-state index contributed by atoms with van der Waals surface area (Å²) in [5.74, 6) is 0.759. The van der Waals surface area contributed by atoms with Crippen LogP contribution in [0.3, 0.4) is 0 Å². The lowest BCUT2D eigenvalue weighted by molar-refractivity contribution is 0.599. The summed E-state index contributed by atoms with van der Waals surface area (Å²) >= 11 is 3.58. The third kappa shape index (κ3) is 1.42. The van der Waals surface area contributed by atoms with Crippen LogP contribution in [0.2, 0.25) is 0 Å². The average molecular weight is 225 g/mol. The molecule has 64 valence electrons. The zero-order valence-corrected chi connectivity index (χ0v) is 8.68. The van der Waals surface area contributed by atoms with Crippen molar-refractivity contribution in [1.29, 1.82) is 0 Å². The van der Waals surface area contributed by atoms with Gasteiger partial charge in [-0.1, -0.05) is 40.2 Å². The first-order valence-electron chi connectivity index (χ1n) is 4.55. The Morgan fingerprint density at radius 3 is 3.00 bits per heavy atom. The van der Waals surface area contributed by atoms with Crippen LogP contribution in [-0.4, -0.2) is 5.33 Å². The molecule has 0 amide bonds. The molecule has 0 spiro atoms. The highest BCUT2D eigenvalue weighted by Crippen LogP contribution is 2.32. The van der Waals surface area contributed by atoms with Gasteiger partial charge < -0.3 is 0 Å². The van der Waals surface area contributed by atoms with E-state index in [1.54, 1.807) is 11.1 Å². The summed E-state index contributed by atoms with van der Waals surface area (Å²) < 4.78 is 0. The number of aryl methyl sites for hydroxylation is 1. The van der Waals surface area contributed by atoms with Crippen LogP contribution in [0.1, 0.15) is 29.9 Å². The SMILES string of the molecule is BrCC1CCCc2ccccc21. The van der Waals surface area contributed by atoms with Gasteiger partial charge in [-0.15, -0.1) is 0 Å². The van der Waals surface area contributed by atoms with E-state index >= 15 is 0 Å². The molecule has 0 bridgehead atoms. The summed E-state index contributed by atoms with van der Waals surface area (Å²) in [6.07, 6.45) is 3.98. The highest BCUT2D eigenvalue weighted by atomic mass is 79.9. The second-order valence-electron chi connectivity index (χ2n) is 3.44. The van der Waals surface area contributed by atoms with Gasteiger partial charge in [0.05, 0.1) is 0 Å². The van der Waals surface area contributed by atoms with E-state index < -0.39 is 0 Å². The van der Waals surface area contributed by atoms with E-state index in [-0.39, 0.29) is 0 Å². The maximum atomic E-state index is 3.58. The smallest absolute Gasteiger partial charge is 0.0100 e. The average Bonchev–Trinajstić information content (AvgIpc) is 2.17. The van der Waals surface area contributed by atoms with Gasteiger partial charge in [0, 0.05) is 5.33 Å². The third-order valence-electron chi connectivity index (χ3n) is 2.68. The minimum atomic E-state index is 0.759. The molecule has 12 heavy (non-hydrogen) atoms. The first kappa shape index (κ1) is 8.31. The molecule has 0 fully saturated rings. The lowest BCUT2D eigenvalue weighted by Gasteiger charge is -2.23. The van der Waals surface area contributed by atoms with Crippen LogP contribution in [0.4, 0.5) is 0 Å². The van der Waals surface area contributed by atoms with E-state index in [1.165, 1.54) is 19.3 Å². The number of fused-ring (bicyclic) bond motifs is 1. The standard InChI is InChI=1S/C11H13Br/c12-8-10-6-3-5-9-4-1-2-7-11(9)10/h1-2,4,7,10H,3,5-6,8H2. The second-order valence-corrected chi connectivity index (χ2v) is 4.09. The summed E-state index contributed by atoms with van der Waals surface area (Å²) in [5, 5.41) is 1.12. The summed E-state index contributed by atoms with van der Waals surface area (Å²) in [6, 6.07) is 8.85. The van der Waals surface area contributed by atoms with Gasteiger partial charge in [0.15, 0.2) is 0 Å². The van der Waals surface area contributed by atoms with Crippen LogP contribution in [0.15, 0.2) is 24.3 Å². The molecular weight excluding hydrogens is 212 g/mol. The van der Waals surface area contributed by atoms with E-state index in [4.69, 9.17) is 0 Å². The van der Waals surface area contributed by atoms with Crippen LogP contribution >= 0.6 is 15.9 Å². The summed E-state index contributed by atoms with van der Waals surface area (Å²) in [7, 11) is 0. The van der Waals surface area contributed by atoms with Gasteiger partial charge in [-0.05, 0) is 36.3 Å². The Hall–Kier alpha value is -0.300. The third-order valence-corrected chi connectivity index (χ3v) is 3.46. The Bertz CT molecular complexity index is 267. The van der Waals surface area contributed by atoms with Gasteiger partial charge in [-0.25, -0.2) is 0 Å². The molecule has 1 atom stereocenters. The van der Waals surface area contributed by atoms with Crippen molar-refractivity contribution >= 4 is 15.9 Å². The number of alkyl halides is 1. The minimum Gasteiger partial charge on any atom is -0.0921 e. The van der Waals surface area contributed by atoms with Crippen LogP contribution in [-0.2, 0) is 6.42 Å².